The molecular formula is C18H32N4O5S2. The van der Waals surface area contributed by atoms with Gasteiger partial charge in [0, 0.05) is 6.54 Å². The zero-order valence-electron chi connectivity index (χ0n) is 17.2. The number of carboxylic acids is 1. The summed E-state index contributed by atoms with van der Waals surface area (Å²) in [7, 11) is 0. The zero-order chi connectivity index (χ0) is 22.0. The van der Waals surface area contributed by atoms with Crippen molar-refractivity contribution in [1.82, 2.24) is 15.5 Å². The molecule has 9 nitrogen and oxygen atoms in total. The Morgan fingerprint density at radius 3 is 2.21 bits per heavy atom. The summed E-state index contributed by atoms with van der Waals surface area (Å²) in [5.41, 5.74) is 5.67. The highest BCUT2D eigenvalue weighted by Gasteiger charge is 2.37. The first-order valence-electron chi connectivity index (χ1n) is 9.60. The third-order valence-corrected chi connectivity index (χ3v) is 5.98. The minimum absolute atomic E-state index is 0.296. The molecule has 0 aromatic carbocycles. The standard InChI is InChI=1S/C18H32N4O5S2/c1-11(19)17(25)22-8-4-5-14(22)16(24)20-12(6-9-28-2)15(23)21-13(18(26)27)7-10-29-3/h11-14H,4-10,19H2,1-3H3,(H,20,24)(H,21,23)(H,26,27). The molecule has 0 aromatic heterocycles. The van der Waals surface area contributed by atoms with Gasteiger partial charge in [0.15, 0.2) is 0 Å². The Bertz CT molecular complexity index is 591. The first kappa shape index (κ1) is 25.6. The van der Waals surface area contributed by atoms with Crippen molar-refractivity contribution < 1.29 is 24.3 Å². The van der Waals surface area contributed by atoms with Crippen LogP contribution in [0.5, 0.6) is 0 Å². The SMILES string of the molecule is CSCCC(NC(=O)C(CCSC)NC(=O)C1CCCN1C(=O)C(C)N)C(=O)O. The van der Waals surface area contributed by atoms with Crippen LogP contribution in [0, 0.1) is 0 Å². The third-order valence-electron chi connectivity index (χ3n) is 4.70. The number of rotatable bonds is 12. The number of amides is 3. The van der Waals surface area contributed by atoms with Crippen LogP contribution in [-0.4, -0.2) is 88.4 Å². The largest absolute Gasteiger partial charge is 0.480 e. The minimum Gasteiger partial charge on any atom is -0.480 e. The van der Waals surface area contributed by atoms with Gasteiger partial charge >= 0.3 is 5.97 Å². The average molecular weight is 449 g/mol. The molecule has 4 unspecified atom stereocenters. The van der Waals surface area contributed by atoms with Gasteiger partial charge in [0.2, 0.25) is 17.7 Å². The Morgan fingerprint density at radius 2 is 1.69 bits per heavy atom. The summed E-state index contributed by atoms with van der Waals surface area (Å²) in [6.07, 6.45) is 5.60. The molecule has 0 spiro atoms. The minimum atomic E-state index is -1.10. The Morgan fingerprint density at radius 1 is 1.10 bits per heavy atom. The quantitative estimate of drug-likeness (QED) is 0.324. The summed E-state index contributed by atoms with van der Waals surface area (Å²) in [5.74, 6) is -1.12. The molecule has 3 amide bonds. The maximum atomic E-state index is 12.8. The van der Waals surface area contributed by atoms with Crippen LogP contribution in [0.1, 0.15) is 32.6 Å². The van der Waals surface area contributed by atoms with Gasteiger partial charge in [-0.25, -0.2) is 4.79 Å². The number of nitrogens with zero attached hydrogens (tertiary/aromatic N) is 1. The number of likely N-dealkylation sites (tertiary alicyclic amines) is 1. The van der Waals surface area contributed by atoms with Gasteiger partial charge in [-0.2, -0.15) is 23.5 Å². The molecule has 29 heavy (non-hydrogen) atoms. The highest BCUT2D eigenvalue weighted by molar-refractivity contribution is 7.98. The lowest BCUT2D eigenvalue weighted by Gasteiger charge is -2.28. The van der Waals surface area contributed by atoms with Crippen molar-refractivity contribution in [3.05, 3.63) is 0 Å². The van der Waals surface area contributed by atoms with E-state index in [2.05, 4.69) is 10.6 Å². The fraction of sp³-hybridized carbons (Fsp3) is 0.778. The molecule has 1 heterocycles. The monoisotopic (exact) mass is 448 g/mol. The smallest absolute Gasteiger partial charge is 0.326 e. The maximum Gasteiger partial charge on any atom is 0.326 e. The van der Waals surface area contributed by atoms with E-state index >= 15 is 0 Å². The lowest BCUT2D eigenvalue weighted by atomic mass is 10.1. The van der Waals surface area contributed by atoms with Crippen LogP contribution in [0.25, 0.3) is 0 Å². The number of nitrogens with two attached hydrogens (primary N) is 1. The summed E-state index contributed by atoms with van der Waals surface area (Å²) in [6, 6.07) is -3.23. The Labute approximate surface area is 180 Å². The summed E-state index contributed by atoms with van der Waals surface area (Å²) < 4.78 is 0. The van der Waals surface area contributed by atoms with E-state index in [1.807, 2.05) is 12.5 Å². The van der Waals surface area contributed by atoms with E-state index in [9.17, 15) is 24.3 Å². The van der Waals surface area contributed by atoms with Crippen LogP contribution in [0.4, 0.5) is 0 Å². The molecule has 4 atom stereocenters. The van der Waals surface area contributed by atoms with E-state index in [1.165, 1.54) is 28.4 Å². The highest BCUT2D eigenvalue weighted by atomic mass is 32.2. The second kappa shape index (κ2) is 13.0. The predicted molar refractivity (Wildman–Crippen MR) is 116 cm³/mol. The second-order valence-electron chi connectivity index (χ2n) is 7.00. The summed E-state index contributed by atoms with van der Waals surface area (Å²) in [4.78, 5) is 50.6. The number of carboxylic acid groups (broad SMARTS) is 1. The van der Waals surface area contributed by atoms with E-state index < -0.39 is 42.0 Å². The van der Waals surface area contributed by atoms with Gasteiger partial charge < -0.3 is 26.4 Å². The van der Waals surface area contributed by atoms with Crippen LogP contribution < -0.4 is 16.4 Å². The van der Waals surface area contributed by atoms with Crippen LogP contribution >= 0.6 is 23.5 Å². The zero-order valence-corrected chi connectivity index (χ0v) is 18.8. The molecule has 1 fully saturated rings. The van der Waals surface area contributed by atoms with Crippen molar-refractivity contribution in [2.24, 2.45) is 5.73 Å². The van der Waals surface area contributed by atoms with Crippen molar-refractivity contribution in [2.45, 2.75) is 56.8 Å². The van der Waals surface area contributed by atoms with Crippen LogP contribution in [-0.2, 0) is 19.2 Å². The third kappa shape index (κ3) is 8.06. The molecule has 166 valence electrons. The van der Waals surface area contributed by atoms with E-state index in [0.29, 0.717) is 43.7 Å². The molecule has 0 bridgehead atoms. The van der Waals surface area contributed by atoms with Crippen LogP contribution in [0.3, 0.4) is 0 Å². The van der Waals surface area contributed by atoms with Gasteiger partial charge in [-0.05, 0) is 56.6 Å². The van der Waals surface area contributed by atoms with Gasteiger partial charge in [0.05, 0.1) is 6.04 Å². The van der Waals surface area contributed by atoms with Crippen molar-refractivity contribution >= 4 is 47.2 Å². The van der Waals surface area contributed by atoms with Crippen LogP contribution in [0.15, 0.2) is 0 Å². The van der Waals surface area contributed by atoms with Crippen molar-refractivity contribution in [2.75, 3.05) is 30.6 Å². The average Bonchev–Trinajstić information content (AvgIpc) is 3.16. The number of carbonyl (C=O) groups excluding carboxylic acids is 3. The topological polar surface area (TPSA) is 142 Å². The Balaban J connectivity index is 2.83. The molecule has 1 aliphatic heterocycles. The van der Waals surface area contributed by atoms with Gasteiger partial charge in [0.1, 0.15) is 18.1 Å². The molecule has 1 aliphatic rings. The fourth-order valence-electron chi connectivity index (χ4n) is 3.10. The highest BCUT2D eigenvalue weighted by Crippen LogP contribution is 2.19. The summed E-state index contributed by atoms with van der Waals surface area (Å²) in [6.45, 7) is 2.03. The summed E-state index contributed by atoms with van der Waals surface area (Å²) in [5, 5.41) is 14.6. The molecular weight excluding hydrogens is 416 g/mol. The van der Waals surface area contributed by atoms with E-state index in [4.69, 9.17) is 5.73 Å². The predicted octanol–water partition coefficient (Wildman–Crippen LogP) is -0.115. The molecule has 0 radical (unpaired) electrons. The number of hydrogen-bond donors (Lipinski definition) is 4. The molecule has 0 aliphatic carbocycles. The molecule has 1 rings (SSSR count). The van der Waals surface area contributed by atoms with Gasteiger partial charge in [-0.3, -0.25) is 14.4 Å². The number of carbonyl (C=O) groups is 4. The number of aliphatic carboxylic acids is 1. The van der Waals surface area contributed by atoms with Gasteiger partial charge in [-0.1, -0.05) is 0 Å². The summed E-state index contributed by atoms with van der Waals surface area (Å²) >= 11 is 3.02. The Kier molecular flexibility index (Phi) is 11.4. The van der Waals surface area contributed by atoms with Crippen molar-refractivity contribution in [3.63, 3.8) is 0 Å². The molecule has 11 heteroatoms. The van der Waals surface area contributed by atoms with Crippen molar-refractivity contribution in [3.8, 4) is 0 Å². The van der Waals surface area contributed by atoms with E-state index in [-0.39, 0.29) is 5.91 Å². The molecule has 0 aromatic rings. The maximum absolute atomic E-state index is 12.8. The fourth-order valence-corrected chi connectivity index (χ4v) is 4.05. The number of hydrogen-bond acceptors (Lipinski definition) is 7. The molecule has 1 saturated heterocycles. The van der Waals surface area contributed by atoms with Crippen molar-refractivity contribution in [1.29, 1.82) is 0 Å². The first-order valence-corrected chi connectivity index (χ1v) is 12.4. The van der Waals surface area contributed by atoms with E-state index in [0.717, 1.165) is 0 Å². The second-order valence-corrected chi connectivity index (χ2v) is 8.97. The van der Waals surface area contributed by atoms with Gasteiger partial charge in [0.25, 0.3) is 0 Å². The van der Waals surface area contributed by atoms with E-state index in [1.54, 1.807) is 6.92 Å². The first-order chi connectivity index (χ1) is 13.7. The molecule has 0 saturated carbocycles. The number of nitrogens with one attached hydrogen (secondary N) is 2. The van der Waals surface area contributed by atoms with Gasteiger partial charge in [-0.15, -0.1) is 0 Å². The number of thioether (sulfide) groups is 2. The Hall–Kier alpha value is -1.46. The van der Waals surface area contributed by atoms with Crippen LogP contribution in [0.2, 0.25) is 0 Å². The lowest BCUT2D eigenvalue weighted by molar-refractivity contribution is -0.143. The molecule has 5 N–H and O–H groups in total. The lowest BCUT2D eigenvalue weighted by Crippen LogP contribution is -2.56. The normalized spacial score (nSPS) is 19.3.